The molecule has 2 fully saturated rings. The summed E-state index contributed by atoms with van der Waals surface area (Å²) >= 11 is 6.53. The van der Waals surface area contributed by atoms with Crippen LogP contribution in [0.5, 0.6) is 5.75 Å². The predicted octanol–water partition coefficient (Wildman–Crippen LogP) is 4.61. The van der Waals surface area contributed by atoms with E-state index in [1.54, 1.807) is 0 Å². The molecule has 3 unspecified atom stereocenters. The number of ether oxygens (including phenoxy) is 2. The van der Waals surface area contributed by atoms with Crippen molar-refractivity contribution in [2.24, 2.45) is 0 Å². The minimum atomic E-state index is -0.473. The summed E-state index contributed by atoms with van der Waals surface area (Å²) in [4.78, 5) is 2.52. The molecule has 3 aromatic rings. The minimum absolute atomic E-state index is 0.0109. The molecule has 3 aromatic carbocycles. The molecule has 216 valence electrons. The Morgan fingerprint density at radius 3 is 2.40 bits per heavy atom. The zero-order valence-electron chi connectivity index (χ0n) is 23.2. The molecule has 2 aliphatic heterocycles. The largest absolute Gasteiger partial charge is 0.492 e. The van der Waals surface area contributed by atoms with Gasteiger partial charge in [0, 0.05) is 44.6 Å². The zero-order chi connectivity index (χ0) is 28.3. The maximum atomic E-state index is 10.2. The lowest BCUT2D eigenvalue weighted by molar-refractivity contribution is -0.113. The molecule has 0 aromatic heterocycles. The van der Waals surface area contributed by atoms with Gasteiger partial charge < -0.3 is 24.8 Å². The molecule has 0 spiro atoms. The quantitative estimate of drug-likeness (QED) is 0.318. The second-order valence-corrected chi connectivity index (χ2v) is 13.1. The third kappa shape index (κ3) is 8.74. The third-order valence-electron chi connectivity index (χ3n) is 7.51. The van der Waals surface area contributed by atoms with Crippen LogP contribution in [0.15, 0.2) is 72.8 Å². The molecule has 2 heterocycles. The molecular weight excluding hydrogens is 545 g/mol. The van der Waals surface area contributed by atoms with Crippen molar-refractivity contribution in [2.45, 2.75) is 37.6 Å². The van der Waals surface area contributed by atoms with Crippen LogP contribution in [0.3, 0.4) is 0 Å². The molecule has 2 aliphatic rings. The maximum absolute atomic E-state index is 10.2. The number of aliphatic hydroxyl groups is 3. The average Bonchev–Trinajstić information content (AvgIpc) is 3.00. The first kappa shape index (κ1) is 30.9. The average molecular weight is 586 g/mol. The number of halogens is 1. The van der Waals surface area contributed by atoms with E-state index in [1.165, 1.54) is 17.6 Å². The highest BCUT2D eigenvalue weighted by Gasteiger charge is 2.29. The van der Waals surface area contributed by atoms with E-state index in [0.29, 0.717) is 30.9 Å². The molecule has 2 saturated heterocycles. The summed E-state index contributed by atoms with van der Waals surface area (Å²) in [6, 6.07) is 25.1. The van der Waals surface area contributed by atoms with Crippen molar-refractivity contribution < 1.29 is 24.8 Å². The van der Waals surface area contributed by atoms with Crippen molar-refractivity contribution in [2.75, 3.05) is 52.3 Å². The number of nitrogens with zero attached hydrogens (tertiary/aromatic N) is 1. The Balaban J connectivity index is 0.00000181. The van der Waals surface area contributed by atoms with Crippen LogP contribution in [0.1, 0.15) is 35.6 Å². The summed E-state index contributed by atoms with van der Waals surface area (Å²) in [7, 11) is 0.989. The second kappa shape index (κ2) is 15.8. The molecule has 8 heteroatoms. The highest BCUT2D eigenvalue weighted by atomic mass is 35.5. The molecule has 0 saturated carbocycles. The number of aliphatic hydroxyl groups excluding tert-OH is 3. The van der Waals surface area contributed by atoms with E-state index < -0.39 is 6.10 Å². The summed E-state index contributed by atoms with van der Waals surface area (Å²) in [5.41, 5.74) is 3.15. The molecule has 0 radical (unpaired) electrons. The topological polar surface area (TPSA) is 82.4 Å². The summed E-state index contributed by atoms with van der Waals surface area (Å²) in [5.74, 6) is 0.886. The normalized spacial score (nSPS) is 21.9. The van der Waals surface area contributed by atoms with E-state index in [-0.39, 0.29) is 26.7 Å². The van der Waals surface area contributed by atoms with Gasteiger partial charge in [-0.25, -0.2) is 0 Å². The fourth-order valence-electron chi connectivity index (χ4n) is 5.34. The van der Waals surface area contributed by atoms with Gasteiger partial charge in [-0.05, 0) is 58.9 Å². The van der Waals surface area contributed by atoms with Crippen molar-refractivity contribution in [3.05, 3.63) is 94.5 Å². The molecule has 0 amide bonds. The van der Waals surface area contributed by atoms with Gasteiger partial charge in [-0.2, -0.15) is 0 Å². The highest BCUT2D eigenvalue weighted by molar-refractivity contribution is 7.65. The smallest absolute Gasteiger partial charge is 0.119 e. The SMILES string of the molecule is CO.OCC1CC(O)CC(c2ccc(Cl)c(Cc3ccc(OCCN4CCP(c5ccccc5)CC4)cc3)c2)O1. The Morgan fingerprint density at radius 1 is 0.975 bits per heavy atom. The van der Waals surface area contributed by atoms with Gasteiger partial charge in [0.05, 0.1) is 24.9 Å². The van der Waals surface area contributed by atoms with Crippen LogP contribution < -0.4 is 10.0 Å². The van der Waals surface area contributed by atoms with E-state index in [9.17, 15) is 10.2 Å². The fourth-order valence-corrected chi connectivity index (χ4v) is 7.90. The lowest BCUT2D eigenvalue weighted by atomic mass is 9.94. The molecule has 40 heavy (non-hydrogen) atoms. The summed E-state index contributed by atoms with van der Waals surface area (Å²) in [6.07, 6.45) is 3.18. The third-order valence-corrected chi connectivity index (χ3v) is 10.4. The van der Waals surface area contributed by atoms with Crippen molar-refractivity contribution in [3.8, 4) is 5.75 Å². The van der Waals surface area contributed by atoms with E-state index in [1.807, 2.05) is 24.3 Å². The van der Waals surface area contributed by atoms with Crippen LogP contribution in [-0.4, -0.2) is 84.7 Å². The van der Waals surface area contributed by atoms with E-state index in [0.717, 1.165) is 49.2 Å². The zero-order valence-corrected chi connectivity index (χ0v) is 24.8. The van der Waals surface area contributed by atoms with Crippen molar-refractivity contribution in [1.29, 1.82) is 0 Å². The Hall–Kier alpha value is -2.02. The summed E-state index contributed by atoms with van der Waals surface area (Å²) in [5, 5.41) is 28.9. The lowest BCUT2D eigenvalue weighted by Crippen LogP contribution is -2.38. The molecule has 3 atom stereocenters. The molecule has 3 N–H and O–H groups in total. The van der Waals surface area contributed by atoms with Gasteiger partial charge in [-0.3, -0.25) is 4.90 Å². The number of hydrogen-bond acceptors (Lipinski definition) is 6. The Labute approximate surface area is 244 Å². The van der Waals surface area contributed by atoms with Gasteiger partial charge in [-0.15, -0.1) is 0 Å². The predicted molar refractivity (Wildman–Crippen MR) is 163 cm³/mol. The molecule has 0 aliphatic carbocycles. The van der Waals surface area contributed by atoms with Crippen LogP contribution in [0.2, 0.25) is 5.02 Å². The Bertz CT molecular complexity index is 1160. The van der Waals surface area contributed by atoms with Crippen LogP contribution in [-0.2, 0) is 11.2 Å². The van der Waals surface area contributed by atoms with Crippen LogP contribution in [0, 0.1) is 0 Å². The molecule has 6 nitrogen and oxygen atoms in total. The highest BCUT2D eigenvalue weighted by Crippen LogP contribution is 2.37. The van der Waals surface area contributed by atoms with Gasteiger partial charge in [-0.1, -0.05) is 74.1 Å². The number of rotatable bonds is 9. The molecule has 5 rings (SSSR count). The first-order chi connectivity index (χ1) is 19.6. The van der Waals surface area contributed by atoms with Gasteiger partial charge >= 0.3 is 0 Å². The summed E-state index contributed by atoms with van der Waals surface area (Å²) < 4.78 is 12.0. The monoisotopic (exact) mass is 585 g/mol. The van der Waals surface area contributed by atoms with E-state index >= 15 is 0 Å². The number of benzene rings is 3. The van der Waals surface area contributed by atoms with Gasteiger partial charge in [0.2, 0.25) is 0 Å². The van der Waals surface area contributed by atoms with Crippen LogP contribution in [0.4, 0.5) is 0 Å². The number of hydrogen-bond donors (Lipinski definition) is 3. The fraction of sp³-hybridized carbons (Fsp3) is 0.438. The Kier molecular flexibility index (Phi) is 12.2. The molecule has 0 bridgehead atoms. The van der Waals surface area contributed by atoms with E-state index in [4.69, 9.17) is 26.2 Å². The lowest BCUT2D eigenvalue weighted by Gasteiger charge is -2.32. The Morgan fingerprint density at radius 2 is 1.70 bits per heavy atom. The second-order valence-electron chi connectivity index (χ2n) is 10.2. The first-order valence-corrected chi connectivity index (χ1v) is 16.1. The van der Waals surface area contributed by atoms with Gasteiger partial charge in [0.25, 0.3) is 0 Å². The van der Waals surface area contributed by atoms with Crippen molar-refractivity contribution in [1.82, 2.24) is 4.90 Å². The minimum Gasteiger partial charge on any atom is -0.492 e. The van der Waals surface area contributed by atoms with Gasteiger partial charge in [0.15, 0.2) is 0 Å². The summed E-state index contributed by atoms with van der Waals surface area (Å²) in [6.45, 7) is 3.86. The standard InChI is InChI=1S/C31H37ClNO4P.CH4O/c32-30-11-8-24(31-21-26(35)20-28(22-34)37-31)19-25(30)18-23-6-9-27(10-7-23)36-15-12-33-13-16-38(17-14-33)29-4-2-1-3-5-29;1-2/h1-11,19,26,28,31,34-35H,12-18,20-22H2;2H,1H3. The van der Waals surface area contributed by atoms with E-state index in [2.05, 4.69) is 53.4 Å². The van der Waals surface area contributed by atoms with Crippen molar-refractivity contribution >= 4 is 24.8 Å². The van der Waals surface area contributed by atoms with Crippen LogP contribution >= 0.6 is 19.5 Å². The maximum Gasteiger partial charge on any atom is 0.119 e. The van der Waals surface area contributed by atoms with Crippen LogP contribution in [0.25, 0.3) is 0 Å². The molecular formula is C32H41ClNO5P. The first-order valence-electron chi connectivity index (χ1n) is 14.0. The van der Waals surface area contributed by atoms with Crippen molar-refractivity contribution in [3.63, 3.8) is 0 Å². The van der Waals surface area contributed by atoms with Gasteiger partial charge in [0.1, 0.15) is 12.4 Å².